The van der Waals surface area contributed by atoms with E-state index in [1.807, 2.05) is 6.92 Å². The van der Waals surface area contributed by atoms with Crippen LogP contribution in [0.1, 0.15) is 30.3 Å². The second-order valence-corrected chi connectivity index (χ2v) is 7.24. The third-order valence-corrected chi connectivity index (χ3v) is 4.97. The molecule has 1 aliphatic rings. The number of esters is 1. The number of rotatable bonds is 7. The summed E-state index contributed by atoms with van der Waals surface area (Å²) < 4.78 is 32.9. The van der Waals surface area contributed by atoms with Crippen LogP contribution in [-0.4, -0.2) is 65.7 Å². The number of methoxy groups -OCH3 is 1. The Balaban J connectivity index is 2.28. The fourth-order valence-corrected chi connectivity index (χ4v) is 3.54. The minimum atomic E-state index is -2.97. The largest absolute Gasteiger partial charge is 0.469 e. The monoisotopic (exact) mass is 413 g/mol. The number of hydrazine groups is 1. The molecule has 29 heavy (non-hydrogen) atoms. The molecule has 1 fully saturated rings. The van der Waals surface area contributed by atoms with Gasteiger partial charge < -0.3 is 20.6 Å². The minimum Gasteiger partial charge on any atom is -0.469 e. The van der Waals surface area contributed by atoms with Gasteiger partial charge in [-0.05, 0) is 18.1 Å². The van der Waals surface area contributed by atoms with E-state index >= 15 is 0 Å². The van der Waals surface area contributed by atoms with Gasteiger partial charge in [-0.25, -0.2) is 14.6 Å². The van der Waals surface area contributed by atoms with E-state index in [2.05, 4.69) is 9.72 Å². The zero-order valence-corrected chi connectivity index (χ0v) is 17.0. The minimum absolute atomic E-state index is 0.196. The number of likely N-dealkylation sites (tertiary alicyclic amines) is 1. The topological polar surface area (TPSA) is 118 Å². The van der Waals surface area contributed by atoms with Crippen molar-refractivity contribution in [2.45, 2.75) is 32.2 Å². The van der Waals surface area contributed by atoms with Gasteiger partial charge >= 0.3 is 5.97 Å². The van der Waals surface area contributed by atoms with Crippen LogP contribution in [0.4, 0.5) is 8.78 Å². The zero-order valence-electron chi connectivity index (χ0n) is 17.0. The Morgan fingerprint density at radius 2 is 2.17 bits per heavy atom. The van der Waals surface area contributed by atoms with Gasteiger partial charge in [-0.15, -0.1) is 0 Å². The summed E-state index contributed by atoms with van der Waals surface area (Å²) in [4.78, 5) is 17.9. The molecule has 5 N–H and O–H groups in total. The van der Waals surface area contributed by atoms with Gasteiger partial charge in [-0.3, -0.25) is 14.7 Å². The smallest absolute Gasteiger partial charge is 0.310 e. The molecule has 2 rings (SSSR count). The Labute approximate surface area is 169 Å². The summed E-state index contributed by atoms with van der Waals surface area (Å²) in [5.74, 6) is 1.21. The van der Waals surface area contributed by atoms with Gasteiger partial charge in [0.15, 0.2) is 0 Å². The summed E-state index contributed by atoms with van der Waals surface area (Å²) in [7, 11) is 2.76. The van der Waals surface area contributed by atoms with Gasteiger partial charge in [-0.2, -0.15) is 0 Å². The number of likely N-dealkylation sites (N-methyl/N-ethyl adjacent to an activating group) is 1. The number of ether oxygens (including phenoxy) is 1. The molecule has 1 saturated heterocycles. The van der Waals surface area contributed by atoms with Crippen molar-refractivity contribution in [2.75, 3.05) is 33.9 Å². The van der Waals surface area contributed by atoms with Crippen LogP contribution < -0.4 is 11.6 Å². The zero-order chi connectivity index (χ0) is 21.8. The summed E-state index contributed by atoms with van der Waals surface area (Å²) in [5.41, 5.74) is 8.58. The van der Waals surface area contributed by atoms with E-state index in [4.69, 9.17) is 11.6 Å². The predicted octanol–water partition coefficient (Wildman–Crippen LogP) is 0.699. The van der Waals surface area contributed by atoms with E-state index in [1.54, 1.807) is 24.1 Å². The summed E-state index contributed by atoms with van der Waals surface area (Å²) in [6, 6.07) is 3.45. The second kappa shape index (κ2) is 9.47. The molecule has 10 heteroatoms. The van der Waals surface area contributed by atoms with Crippen LogP contribution in [0.5, 0.6) is 0 Å². The van der Waals surface area contributed by atoms with Gasteiger partial charge in [0.05, 0.1) is 43.3 Å². The van der Waals surface area contributed by atoms with E-state index < -0.39 is 30.8 Å². The summed E-state index contributed by atoms with van der Waals surface area (Å²) in [6.45, 7) is 1.55. The molecule has 2 heterocycles. The number of aliphatic hydroxyl groups excluding tert-OH is 1. The van der Waals surface area contributed by atoms with Crippen LogP contribution >= 0.6 is 0 Å². The normalized spacial score (nSPS) is 20.2. The van der Waals surface area contributed by atoms with Crippen molar-refractivity contribution in [1.82, 2.24) is 14.9 Å². The highest BCUT2D eigenvalue weighted by Crippen LogP contribution is 2.32. The second-order valence-electron chi connectivity index (χ2n) is 7.24. The van der Waals surface area contributed by atoms with Crippen molar-refractivity contribution < 1.29 is 23.4 Å². The lowest BCUT2D eigenvalue weighted by molar-refractivity contribution is -0.157. The molecular weight excluding hydrogens is 384 g/mol. The van der Waals surface area contributed by atoms with Crippen molar-refractivity contribution in [2.24, 2.45) is 17.5 Å². The van der Waals surface area contributed by atoms with Crippen molar-refractivity contribution in [1.29, 1.82) is 0 Å². The molecule has 0 bridgehead atoms. The SMILES string of the molecule is CCc1nc(/C(N)=C(\CO)N(C)N)ccc1CN1CC(C(=O)OC)CC(F)(F)C1. The number of nitrogens with two attached hydrogens (primary N) is 2. The number of hydrogen-bond acceptors (Lipinski definition) is 8. The summed E-state index contributed by atoms with van der Waals surface area (Å²) >= 11 is 0. The number of halogens is 2. The van der Waals surface area contributed by atoms with Gasteiger partial charge in [0.25, 0.3) is 5.92 Å². The molecular formula is C19H29F2N5O3. The maximum absolute atomic E-state index is 14.1. The Morgan fingerprint density at radius 1 is 1.48 bits per heavy atom. The van der Waals surface area contributed by atoms with Crippen molar-refractivity contribution in [3.8, 4) is 0 Å². The Kier molecular flexibility index (Phi) is 7.50. The van der Waals surface area contributed by atoms with Crippen molar-refractivity contribution >= 4 is 11.7 Å². The number of aromatic nitrogens is 1. The van der Waals surface area contributed by atoms with E-state index in [0.717, 1.165) is 5.56 Å². The first-order chi connectivity index (χ1) is 13.6. The van der Waals surface area contributed by atoms with E-state index in [-0.39, 0.29) is 25.4 Å². The van der Waals surface area contributed by atoms with Crippen LogP contribution in [0.25, 0.3) is 5.70 Å². The first-order valence-corrected chi connectivity index (χ1v) is 9.37. The predicted molar refractivity (Wildman–Crippen MR) is 104 cm³/mol. The average Bonchev–Trinajstić information content (AvgIpc) is 2.66. The Morgan fingerprint density at radius 3 is 2.72 bits per heavy atom. The fourth-order valence-electron chi connectivity index (χ4n) is 3.54. The number of alkyl halides is 2. The maximum Gasteiger partial charge on any atom is 0.310 e. The standard InChI is InChI=1S/C19H29F2N5O3/c1-4-14-12(5-6-15(24-14)17(22)16(10-27)25(2)23)8-26-9-13(18(28)29-3)7-19(20,21)11-26/h5-6,13,27H,4,7-11,22-23H2,1-3H3/b17-16-. The highest BCUT2D eigenvalue weighted by Gasteiger charge is 2.43. The van der Waals surface area contributed by atoms with Crippen LogP contribution in [0, 0.1) is 5.92 Å². The number of hydrogen-bond donors (Lipinski definition) is 3. The molecule has 0 aliphatic carbocycles. The molecule has 8 nitrogen and oxygen atoms in total. The quantitative estimate of drug-likeness (QED) is 0.340. The number of carbonyl (C=O) groups is 1. The molecule has 0 spiro atoms. The molecule has 0 saturated carbocycles. The number of nitrogens with zero attached hydrogens (tertiary/aromatic N) is 3. The molecule has 1 unspecified atom stereocenters. The number of aryl methyl sites for hydroxylation is 1. The lowest BCUT2D eigenvalue weighted by Crippen LogP contribution is -2.49. The third kappa shape index (κ3) is 5.62. The van der Waals surface area contributed by atoms with E-state index in [0.29, 0.717) is 23.5 Å². The van der Waals surface area contributed by atoms with Gasteiger partial charge in [0, 0.05) is 32.3 Å². The molecule has 1 atom stereocenters. The van der Waals surface area contributed by atoms with E-state index in [1.165, 1.54) is 12.1 Å². The number of carbonyl (C=O) groups excluding carboxylic acids is 1. The first-order valence-electron chi connectivity index (χ1n) is 9.37. The molecule has 0 aromatic carbocycles. The molecule has 0 amide bonds. The van der Waals surface area contributed by atoms with Gasteiger partial charge in [-0.1, -0.05) is 13.0 Å². The van der Waals surface area contributed by atoms with Crippen molar-refractivity contribution in [3.63, 3.8) is 0 Å². The number of pyridine rings is 1. The lowest BCUT2D eigenvalue weighted by atomic mass is 9.94. The van der Waals surface area contributed by atoms with Crippen LogP contribution in [0.3, 0.4) is 0 Å². The molecule has 1 aromatic heterocycles. The lowest BCUT2D eigenvalue weighted by Gasteiger charge is -2.36. The average molecular weight is 413 g/mol. The number of aliphatic hydroxyl groups is 1. The summed E-state index contributed by atoms with van der Waals surface area (Å²) in [6.07, 6.45) is 0.0555. The first kappa shape index (κ1) is 23.0. The highest BCUT2D eigenvalue weighted by atomic mass is 19.3. The van der Waals surface area contributed by atoms with Crippen LogP contribution in [0.15, 0.2) is 17.8 Å². The maximum atomic E-state index is 14.1. The van der Waals surface area contributed by atoms with Gasteiger partial charge in [0.2, 0.25) is 0 Å². The Hall–Kier alpha value is -2.30. The molecule has 162 valence electrons. The van der Waals surface area contributed by atoms with Crippen LogP contribution in [-0.2, 0) is 22.5 Å². The third-order valence-electron chi connectivity index (χ3n) is 4.97. The van der Waals surface area contributed by atoms with Gasteiger partial charge in [0.1, 0.15) is 0 Å². The summed E-state index contributed by atoms with van der Waals surface area (Å²) in [5, 5.41) is 10.7. The van der Waals surface area contributed by atoms with Crippen LogP contribution in [0.2, 0.25) is 0 Å². The fraction of sp³-hybridized carbons (Fsp3) is 0.579. The molecule has 0 radical (unpaired) electrons. The van der Waals surface area contributed by atoms with E-state index in [9.17, 15) is 18.7 Å². The Bertz CT molecular complexity index is 770. The highest BCUT2D eigenvalue weighted by molar-refractivity contribution is 5.72. The van der Waals surface area contributed by atoms with Crippen molar-refractivity contribution in [3.05, 3.63) is 34.8 Å². The molecule has 1 aliphatic heterocycles. The molecule has 1 aromatic rings. The number of piperidine rings is 1.